The molecule has 4 heteroatoms. The third kappa shape index (κ3) is 1.96. The van der Waals surface area contributed by atoms with Crippen LogP contribution in [0.2, 0.25) is 5.02 Å². The van der Waals surface area contributed by atoms with E-state index < -0.39 is 0 Å². The Labute approximate surface area is 99.8 Å². The maximum Gasteiger partial charge on any atom is 0.0649 e. The van der Waals surface area contributed by atoms with E-state index in [4.69, 9.17) is 17.3 Å². The van der Waals surface area contributed by atoms with Gasteiger partial charge in [0.1, 0.15) is 0 Å². The van der Waals surface area contributed by atoms with Gasteiger partial charge in [0.15, 0.2) is 0 Å². The number of hydrogen-bond acceptors (Lipinski definition) is 2. The number of hydrogen-bond donors (Lipinski definition) is 1. The van der Waals surface area contributed by atoms with Crippen molar-refractivity contribution >= 4 is 11.6 Å². The fourth-order valence-electron chi connectivity index (χ4n) is 1.71. The Balaban J connectivity index is 2.45. The largest absolute Gasteiger partial charge is 0.324 e. The number of halogens is 1. The quantitative estimate of drug-likeness (QED) is 0.870. The van der Waals surface area contributed by atoms with Crippen molar-refractivity contribution in [3.8, 4) is 5.69 Å². The van der Waals surface area contributed by atoms with Crippen molar-refractivity contribution in [2.45, 2.75) is 19.9 Å². The molecule has 1 atom stereocenters. The average Bonchev–Trinajstić information content (AvgIpc) is 2.61. The minimum Gasteiger partial charge on any atom is -0.324 e. The molecule has 0 aliphatic carbocycles. The van der Waals surface area contributed by atoms with Gasteiger partial charge in [-0.05, 0) is 38.1 Å². The average molecular weight is 236 g/mol. The molecule has 2 rings (SSSR count). The molecule has 84 valence electrons. The third-order valence-electron chi connectivity index (χ3n) is 2.61. The summed E-state index contributed by atoms with van der Waals surface area (Å²) in [5, 5.41) is 5.05. The number of benzene rings is 1. The summed E-state index contributed by atoms with van der Waals surface area (Å²) in [5.41, 5.74) is 8.98. The van der Waals surface area contributed by atoms with Gasteiger partial charge in [-0.1, -0.05) is 11.6 Å². The van der Waals surface area contributed by atoms with E-state index in [1.54, 1.807) is 0 Å². The number of nitrogens with zero attached hydrogens (tertiary/aromatic N) is 2. The number of aromatic nitrogens is 2. The molecular formula is C12H14ClN3. The van der Waals surface area contributed by atoms with Gasteiger partial charge >= 0.3 is 0 Å². The van der Waals surface area contributed by atoms with Crippen molar-refractivity contribution < 1.29 is 0 Å². The highest BCUT2D eigenvalue weighted by molar-refractivity contribution is 6.30. The maximum absolute atomic E-state index is 5.86. The highest BCUT2D eigenvalue weighted by Crippen LogP contribution is 2.19. The van der Waals surface area contributed by atoms with Crippen molar-refractivity contribution in [1.82, 2.24) is 9.78 Å². The Kier molecular flexibility index (Phi) is 2.99. The van der Waals surface area contributed by atoms with Crippen LogP contribution in [0.3, 0.4) is 0 Å². The van der Waals surface area contributed by atoms with Gasteiger partial charge in [0, 0.05) is 22.3 Å². The van der Waals surface area contributed by atoms with Crippen molar-refractivity contribution in [3.05, 3.63) is 46.7 Å². The molecule has 0 aliphatic heterocycles. The predicted molar refractivity (Wildman–Crippen MR) is 65.9 cm³/mol. The normalized spacial score (nSPS) is 12.8. The zero-order valence-corrected chi connectivity index (χ0v) is 10.1. The first-order valence-corrected chi connectivity index (χ1v) is 5.53. The Hall–Kier alpha value is -1.32. The molecule has 1 heterocycles. The Morgan fingerprint density at radius 2 is 1.94 bits per heavy atom. The van der Waals surface area contributed by atoms with Crippen LogP contribution in [-0.2, 0) is 0 Å². The second-order valence-corrected chi connectivity index (χ2v) is 4.30. The summed E-state index contributed by atoms with van der Waals surface area (Å²) in [6.45, 7) is 3.97. The Morgan fingerprint density at radius 1 is 1.31 bits per heavy atom. The first kappa shape index (κ1) is 11.2. The van der Waals surface area contributed by atoms with Crippen LogP contribution in [0.15, 0.2) is 30.5 Å². The van der Waals surface area contributed by atoms with Crippen LogP contribution in [0, 0.1) is 6.92 Å². The van der Waals surface area contributed by atoms with Gasteiger partial charge in [-0.2, -0.15) is 5.10 Å². The fraction of sp³-hybridized carbons (Fsp3) is 0.250. The van der Waals surface area contributed by atoms with E-state index in [-0.39, 0.29) is 6.04 Å². The van der Waals surface area contributed by atoms with Crippen LogP contribution in [0.1, 0.15) is 24.2 Å². The van der Waals surface area contributed by atoms with Gasteiger partial charge in [0.25, 0.3) is 0 Å². The SMILES string of the molecule is Cc1c(C(C)N)cnn1-c1ccc(Cl)cc1. The van der Waals surface area contributed by atoms with E-state index in [0.29, 0.717) is 0 Å². The molecule has 0 spiro atoms. The Morgan fingerprint density at radius 3 is 2.44 bits per heavy atom. The molecular weight excluding hydrogens is 222 g/mol. The highest BCUT2D eigenvalue weighted by atomic mass is 35.5. The van der Waals surface area contributed by atoms with Crippen LogP contribution >= 0.6 is 11.6 Å². The topological polar surface area (TPSA) is 43.8 Å². The first-order valence-electron chi connectivity index (χ1n) is 5.15. The minimum atomic E-state index is 0.000972. The monoisotopic (exact) mass is 235 g/mol. The summed E-state index contributed by atoms with van der Waals surface area (Å²) in [5.74, 6) is 0. The fourth-order valence-corrected chi connectivity index (χ4v) is 1.84. The molecule has 0 aliphatic rings. The summed E-state index contributed by atoms with van der Waals surface area (Å²) in [6, 6.07) is 7.58. The molecule has 0 bridgehead atoms. The molecule has 0 saturated carbocycles. The lowest BCUT2D eigenvalue weighted by molar-refractivity contribution is 0.797. The van der Waals surface area contributed by atoms with Crippen LogP contribution in [0.25, 0.3) is 5.69 Å². The van der Waals surface area contributed by atoms with E-state index in [1.807, 2.05) is 49.0 Å². The van der Waals surface area contributed by atoms with Gasteiger partial charge in [0.2, 0.25) is 0 Å². The molecule has 0 fully saturated rings. The summed E-state index contributed by atoms with van der Waals surface area (Å²) in [6.07, 6.45) is 1.81. The second kappa shape index (κ2) is 4.28. The van der Waals surface area contributed by atoms with Gasteiger partial charge in [-0.3, -0.25) is 0 Å². The van der Waals surface area contributed by atoms with Gasteiger partial charge < -0.3 is 5.73 Å². The maximum atomic E-state index is 5.86. The van der Waals surface area contributed by atoms with Gasteiger partial charge in [-0.15, -0.1) is 0 Å². The molecule has 3 nitrogen and oxygen atoms in total. The molecule has 1 unspecified atom stereocenters. The molecule has 16 heavy (non-hydrogen) atoms. The van der Waals surface area contributed by atoms with E-state index in [9.17, 15) is 0 Å². The molecule has 0 amide bonds. The lowest BCUT2D eigenvalue weighted by Gasteiger charge is -2.07. The lowest BCUT2D eigenvalue weighted by atomic mass is 10.1. The number of rotatable bonds is 2. The summed E-state index contributed by atoms with van der Waals surface area (Å²) in [7, 11) is 0. The minimum absolute atomic E-state index is 0.000972. The lowest BCUT2D eigenvalue weighted by Crippen LogP contribution is -2.06. The van der Waals surface area contributed by atoms with Crippen molar-refractivity contribution in [2.75, 3.05) is 0 Å². The van der Waals surface area contributed by atoms with Crippen LogP contribution in [0.4, 0.5) is 0 Å². The second-order valence-electron chi connectivity index (χ2n) is 3.86. The van der Waals surface area contributed by atoms with E-state index >= 15 is 0 Å². The molecule has 2 aromatic rings. The predicted octanol–water partition coefficient (Wildman–Crippen LogP) is 2.85. The zero-order valence-electron chi connectivity index (χ0n) is 9.31. The van der Waals surface area contributed by atoms with E-state index in [1.165, 1.54) is 0 Å². The summed E-state index contributed by atoms with van der Waals surface area (Å²) in [4.78, 5) is 0. The van der Waals surface area contributed by atoms with Gasteiger partial charge in [-0.25, -0.2) is 4.68 Å². The third-order valence-corrected chi connectivity index (χ3v) is 2.86. The van der Waals surface area contributed by atoms with Crippen molar-refractivity contribution in [2.24, 2.45) is 5.73 Å². The van der Waals surface area contributed by atoms with Crippen LogP contribution in [0.5, 0.6) is 0 Å². The van der Waals surface area contributed by atoms with Crippen molar-refractivity contribution in [3.63, 3.8) is 0 Å². The zero-order chi connectivity index (χ0) is 11.7. The summed E-state index contributed by atoms with van der Waals surface area (Å²) < 4.78 is 1.87. The van der Waals surface area contributed by atoms with E-state index in [0.717, 1.165) is 22.0 Å². The standard InChI is InChI=1S/C12H14ClN3/c1-8(14)12-7-15-16(9(12)2)11-5-3-10(13)4-6-11/h3-8H,14H2,1-2H3. The van der Waals surface area contributed by atoms with Crippen molar-refractivity contribution in [1.29, 1.82) is 0 Å². The Bertz CT molecular complexity index is 485. The van der Waals surface area contributed by atoms with E-state index in [2.05, 4.69) is 5.10 Å². The molecule has 2 N–H and O–H groups in total. The molecule has 0 radical (unpaired) electrons. The van der Waals surface area contributed by atoms with Gasteiger partial charge in [0.05, 0.1) is 11.9 Å². The number of nitrogens with two attached hydrogens (primary N) is 1. The highest BCUT2D eigenvalue weighted by Gasteiger charge is 2.10. The van der Waals surface area contributed by atoms with Crippen LogP contribution in [-0.4, -0.2) is 9.78 Å². The smallest absolute Gasteiger partial charge is 0.0649 e. The molecule has 0 saturated heterocycles. The molecule has 1 aromatic carbocycles. The first-order chi connectivity index (χ1) is 7.59. The molecule has 1 aromatic heterocycles. The summed E-state index contributed by atoms with van der Waals surface area (Å²) >= 11 is 5.84. The van der Waals surface area contributed by atoms with Crippen LogP contribution < -0.4 is 5.73 Å².